The minimum atomic E-state index is -0.0256. The van der Waals surface area contributed by atoms with Crippen LogP contribution in [0.2, 0.25) is 0 Å². The average Bonchev–Trinajstić information content (AvgIpc) is 2.85. The zero-order valence-corrected chi connectivity index (χ0v) is 10.9. The number of aromatic nitrogens is 1. The molecule has 4 heteroatoms. The van der Waals surface area contributed by atoms with Gasteiger partial charge in [0.05, 0.1) is 0 Å². The largest absolute Gasteiger partial charge is 0.347 e. The molecule has 2 bridgehead atoms. The highest BCUT2D eigenvalue weighted by Crippen LogP contribution is 2.65. The number of amides is 1. The molecule has 19 heavy (non-hydrogen) atoms. The molecular formula is C15H19N3O. The number of nitrogens with zero attached hydrogens (tertiary/aromatic N) is 1. The lowest BCUT2D eigenvalue weighted by Crippen LogP contribution is -2.30. The van der Waals surface area contributed by atoms with Crippen LogP contribution in [0.15, 0.2) is 18.3 Å². The van der Waals surface area contributed by atoms with Crippen molar-refractivity contribution in [1.29, 1.82) is 0 Å². The number of hydrogen-bond donors (Lipinski definition) is 2. The Morgan fingerprint density at radius 2 is 2.05 bits per heavy atom. The van der Waals surface area contributed by atoms with E-state index in [4.69, 9.17) is 5.73 Å². The number of nitrogens with two attached hydrogens (primary N) is 1. The minimum Gasteiger partial charge on any atom is -0.347 e. The fraction of sp³-hybridized carbons (Fsp3) is 0.600. The molecule has 3 fully saturated rings. The van der Waals surface area contributed by atoms with E-state index < -0.39 is 0 Å². The number of carbonyl (C=O) groups excluding carboxylic acids is 1. The van der Waals surface area contributed by atoms with Gasteiger partial charge in [-0.3, -0.25) is 9.78 Å². The van der Waals surface area contributed by atoms with Crippen LogP contribution in [0.1, 0.15) is 35.3 Å². The van der Waals surface area contributed by atoms with Gasteiger partial charge < -0.3 is 11.1 Å². The molecule has 3 N–H and O–H groups in total. The topological polar surface area (TPSA) is 68.0 Å². The summed E-state index contributed by atoms with van der Waals surface area (Å²) in [5.74, 6) is 3.28. The van der Waals surface area contributed by atoms with Crippen LogP contribution < -0.4 is 11.1 Å². The summed E-state index contributed by atoms with van der Waals surface area (Å²) in [5, 5.41) is 3.18. The van der Waals surface area contributed by atoms with Gasteiger partial charge >= 0.3 is 0 Å². The lowest BCUT2D eigenvalue weighted by atomic mass is 10.0. The number of fused-ring (bicyclic) bond motifs is 5. The Hall–Kier alpha value is -1.42. The second kappa shape index (κ2) is 4.04. The molecule has 4 nitrogen and oxygen atoms in total. The van der Waals surface area contributed by atoms with E-state index in [1.54, 1.807) is 12.3 Å². The molecule has 3 saturated carbocycles. The first kappa shape index (κ1) is 11.4. The first-order chi connectivity index (χ1) is 9.28. The van der Waals surface area contributed by atoms with E-state index in [1.807, 2.05) is 6.07 Å². The number of nitrogens with one attached hydrogen (secondary N) is 1. The van der Waals surface area contributed by atoms with Crippen LogP contribution in [0.5, 0.6) is 0 Å². The second-order valence-electron chi connectivity index (χ2n) is 6.24. The van der Waals surface area contributed by atoms with Gasteiger partial charge in [0.15, 0.2) is 0 Å². The van der Waals surface area contributed by atoms with Crippen molar-refractivity contribution in [2.24, 2.45) is 29.4 Å². The first-order valence-corrected chi connectivity index (χ1v) is 7.24. The highest BCUT2D eigenvalue weighted by atomic mass is 16.2. The maximum absolute atomic E-state index is 12.2. The fourth-order valence-electron chi connectivity index (χ4n) is 4.42. The molecule has 4 atom stereocenters. The molecule has 4 rings (SSSR count). The van der Waals surface area contributed by atoms with E-state index >= 15 is 0 Å². The van der Waals surface area contributed by atoms with Crippen molar-refractivity contribution in [2.45, 2.75) is 31.8 Å². The summed E-state index contributed by atoms with van der Waals surface area (Å²) < 4.78 is 0. The summed E-state index contributed by atoms with van der Waals surface area (Å²) in [4.78, 5) is 16.3. The van der Waals surface area contributed by atoms with Gasteiger partial charge in [-0.15, -0.1) is 0 Å². The molecule has 0 spiro atoms. The molecule has 0 saturated heterocycles. The summed E-state index contributed by atoms with van der Waals surface area (Å²) in [6.45, 7) is 0.463. The normalized spacial score (nSPS) is 38.1. The minimum absolute atomic E-state index is 0.0256. The van der Waals surface area contributed by atoms with Crippen molar-refractivity contribution in [3.8, 4) is 0 Å². The summed E-state index contributed by atoms with van der Waals surface area (Å²) in [5.41, 5.74) is 6.99. The molecular weight excluding hydrogens is 238 g/mol. The molecule has 1 amide bonds. The molecule has 0 aliphatic heterocycles. The lowest BCUT2D eigenvalue weighted by Gasteiger charge is -2.10. The summed E-state index contributed by atoms with van der Waals surface area (Å²) in [6, 6.07) is 4.07. The predicted molar refractivity (Wildman–Crippen MR) is 71.2 cm³/mol. The Balaban J connectivity index is 1.42. The van der Waals surface area contributed by atoms with Crippen molar-refractivity contribution < 1.29 is 4.79 Å². The molecule has 1 heterocycles. The van der Waals surface area contributed by atoms with Crippen molar-refractivity contribution >= 4 is 5.91 Å². The first-order valence-electron chi connectivity index (χ1n) is 7.24. The SMILES string of the molecule is NCc1ccc(C(=O)NC2C3C4CCC(C4)C23)nc1. The van der Waals surface area contributed by atoms with E-state index in [2.05, 4.69) is 10.3 Å². The van der Waals surface area contributed by atoms with Gasteiger partial charge in [0.1, 0.15) is 5.69 Å². The van der Waals surface area contributed by atoms with Crippen molar-refractivity contribution in [1.82, 2.24) is 10.3 Å². The lowest BCUT2D eigenvalue weighted by molar-refractivity contribution is 0.0939. The summed E-state index contributed by atoms with van der Waals surface area (Å²) in [6.07, 6.45) is 5.85. The maximum Gasteiger partial charge on any atom is 0.270 e. The molecule has 3 aliphatic rings. The van der Waals surface area contributed by atoms with E-state index in [-0.39, 0.29) is 5.91 Å². The van der Waals surface area contributed by atoms with Crippen LogP contribution in [0.25, 0.3) is 0 Å². The average molecular weight is 257 g/mol. The molecule has 4 unspecified atom stereocenters. The smallest absolute Gasteiger partial charge is 0.270 e. The Labute approximate surface area is 112 Å². The van der Waals surface area contributed by atoms with Crippen LogP contribution in [0, 0.1) is 23.7 Å². The standard InChI is InChI=1S/C15H19N3O/c16-6-8-1-4-11(17-7-8)15(19)18-14-12-9-2-3-10(5-9)13(12)14/h1,4,7,9-10,12-14H,2-3,5-6,16H2,(H,18,19). The van der Waals surface area contributed by atoms with Crippen LogP contribution in [0.3, 0.4) is 0 Å². The zero-order chi connectivity index (χ0) is 13.0. The fourth-order valence-corrected chi connectivity index (χ4v) is 4.42. The van der Waals surface area contributed by atoms with Gasteiger partial charge in [0.25, 0.3) is 5.91 Å². The molecule has 1 aromatic rings. The Bertz CT molecular complexity index is 497. The van der Waals surface area contributed by atoms with Crippen LogP contribution in [0.4, 0.5) is 0 Å². The van der Waals surface area contributed by atoms with Crippen LogP contribution in [-0.2, 0) is 6.54 Å². The molecule has 1 aromatic heterocycles. The highest BCUT2D eigenvalue weighted by Gasteiger charge is 2.65. The Kier molecular flexibility index (Phi) is 2.42. The van der Waals surface area contributed by atoms with Gasteiger partial charge in [-0.05, 0) is 54.6 Å². The van der Waals surface area contributed by atoms with E-state index in [9.17, 15) is 4.79 Å². The zero-order valence-electron chi connectivity index (χ0n) is 10.9. The van der Waals surface area contributed by atoms with Gasteiger partial charge in [-0.2, -0.15) is 0 Å². The van der Waals surface area contributed by atoms with E-state index in [1.165, 1.54) is 19.3 Å². The molecule has 3 aliphatic carbocycles. The number of carbonyl (C=O) groups is 1. The van der Waals surface area contributed by atoms with E-state index in [0.29, 0.717) is 18.3 Å². The molecule has 100 valence electrons. The third-order valence-electron chi connectivity index (χ3n) is 5.33. The third kappa shape index (κ3) is 1.70. The van der Waals surface area contributed by atoms with Gasteiger partial charge in [-0.1, -0.05) is 6.07 Å². The molecule has 0 aromatic carbocycles. The monoisotopic (exact) mass is 257 g/mol. The highest BCUT2D eigenvalue weighted by molar-refractivity contribution is 5.92. The van der Waals surface area contributed by atoms with E-state index in [0.717, 1.165) is 29.2 Å². The van der Waals surface area contributed by atoms with Gasteiger partial charge in [-0.25, -0.2) is 0 Å². The predicted octanol–water partition coefficient (Wildman–Crippen LogP) is 1.31. The van der Waals surface area contributed by atoms with Crippen molar-refractivity contribution in [2.75, 3.05) is 0 Å². The van der Waals surface area contributed by atoms with Gasteiger partial charge in [0, 0.05) is 18.8 Å². The quantitative estimate of drug-likeness (QED) is 0.858. The summed E-state index contributed by atoms with van der Waals surface area (Å²) in [7, 11) is 0. The van der Waals surface area contributed by atoms with Crippen molar-refractivity contribution in [3.63, 3.8) is 0 Å². The Morgan fingerprint density at radius 1 is 1.32 bits per heavy atom. The molecule has 0 radical (unpaired) electrons. The van der Waals surface area contributed by atoms with Gasteiger partial charge in [0.2, 0.25) is 0 Å². The number of rotatable bonds is 3. The third-order valence-corrected chi connectivity index (χ3v) is 5.33. The van der Waals surface area contributed by atoms with Crippen LogP contribution >= 0.6 is 0 Å². The van der Waals surface area contributed by atoms with Crippen molar-refractivity contribution in [3.05, 3.63) is 29.6 Å². The van der Waals surface area contributed by atoms with Crippen LogP contribution in [-0.4, -0.2) is 16.9 Å². The number of hydrogen-bond acceptors (Lipinski definition) is 3. The second-order valence-corrected chi connectivity index (χ2v) is 6.24. The Morgan fingerprint density at radius 3 is 2.63 bits per heavy atom. The maximum atomic E-state index is 12.2. The summed E-state index contributed by atoms with van der Waals surface area (Å²) >= 11 is 0. The number of pyridine rings is 1.